The maximum atomic E-state index is 10.6. The monoisotopic (exact) mass is 244 g/mol. The molecule has 0 saturated carbocycles. The van der Waals surface area contributed by atoms with Crippen molar-refractivity contribution in [1.82, 2.24) is 9.78 Å². The molecule has 18 heavy (non-hydrogen) atoms. The number of benzene rings is 1. The molecule has 3 nitrogen and oxygen atoms in total. The summed E-state index contributed by atoms with van der Waals surface area (Å²) in [5.41, 5.74) is 2.20. The van der Waals surface area contributed by atoms with E-state index in [9.17, 15) is 5.11 Å². The zero-order valence-corrected chi connectivity index (χ0v) is 11.2. The van der Waals surface area contributed by atoms with Gasteiger partial charge in [0.2, 0.25) is 0 Å². The highest BCUT2D eigenvalue weighted by atomic mass is 16.3. The number of hydrogen-bond donors (Lipinski definition) is 1. The Morgan fingerprint density at radius 3 is 2.50 bits per heavy atom. The van der Waals surface area contributed by atoms with Crippen molar-refractivity contribution in [2.24, 2.45) is 7.05 Å². The van der Waals surface area contributed by atoms with Crippen LogP contribution in [0.4, 0.5) is 0 Å². The highest BCUT2D eigenvalue weighted by Gasteiger charge is 2.25. The Balaban J connectivity index is 2.24. The van der Waals surface area contributed by atoms with Crippen LogP contribution in [0.15, 0.2) is 36.4 Å². The lowest BCUT2D eigenvalue weighted by atomic mass is 9.91. The van der Waals surface area contributed by atoms with E-state index in [4.69, 9.17) is 0 Å². The summed E-state index contributed by atoms with van der Waals surface area (Å²) in [6, 6.07) is 11.8. The Labute approximate surface area is 108 Å². The number of nitrogens with zero attached hydrogens (tertiary/aromatic N) is 2. The van der Waals surface area contributed by atoms with Crippen molar-refractivity contribution >= 4 is 0 Å². The average molecular weight is 244 g/mol. The van der Waals surface area contributed by atoms with Crippen LogP contribution in [0.3, 0.4) is 0 Å². The second-order valence-corrected chi connectivity index (χ2v) is 4.92. The second-order valence-electron chi connectivity index (χ2n) is 4.92. The van der Waals surface area contributed by atoms with Crippen LogP contribution in [-0.4, -0.2) is 14.9 Å². The molecule has 96 valence electrons. The molecule has 1 N–H and O–H groups in total. The molecule has 0 saturated heterocycles. The predicted molar refractivity (Wildman–Crippen MR) is 72.3 cm³/mol. The Kier molecular flexibility index (Phi) is 3.53. The van der Waals surface area contributed by atoms with E-state index < -0.39 is 5.60 Å². The van der Waals surface area contributed by atoms with Gasteiger partial charge in [0.25, 0.3) is 0 Å². The van der Waals surface area contributed by atoms with Gasteiger partial charge in [-0.2, -0.15) is 5.10 Å². The maximum Gasteiger partial charge on any atom is 0.0923 e. The molecule has 2 rings (SSSR count). The minimum absolute atomic E-state index is 0.570. The van der Waals surface area contributed by atoms with E-state index in [1.807, 2.05) is 49.0 Å². The summed E-state index contributed by atoms with van der Waals surface area (Å²) in [5, 5.41) is 15.0. The molecule has 0 radical (unpaired) electrons. The van der Waals surface area contributed by atoms with Gasteiger partial charge in [-0.25, -0.2) is 0 Å². The van der Waals surface area contributed by atoms with Crippen molar-refractivity contribution in [2.75, 3.05) is 0 Å². The minimum atomic E-state index is -0.861. The molecule has 1 aromatic heterocycles. The van der Waals surface area contributed by atoms with Crippen LogP contribution in [-0.2, 0) is 25.5 Å². The van der Waals surface area contributed by atoms with E-state index in [2.05, 4.69) is 18.1 Å². The SMILES string of the molecule is CCc1cc(CC(C)(O)c2ccccc2)n(C)n1. The lowest BCUT2D eigenvalue weighted by Crippen LogP contribution is -2.25. The summed E-state index contributed by atoms with van der Waals surface area (Å²) in [6.07, 6.45) is 1.49. The van der Waals surface area contributed by atoms with Gasteiger partial charge in [-0.05, 0) is 25.0 Å². The lowest BCUT2D eigenvalue weighted by molar-refractivity contribution is 0.0556. The van der Waals surface area contributed by atoms with Crippen LogP contribution in [0, 0.1) is 0 Å². The fourth-order valence-electron chi connectivity index (χ4n) is 2.16. The van der Waals surface area contributed by atoms with E-state index in [0.29, 0.717) is 6.42 Å². The van der Waals surface area contributed by atoms with Gasteiger partial charge in [0.1, 0.15) is 0 Å². The first-order chi connectivity index (χ1) is 8.53. The molecule has 0 aliphatic heterocycles. The number of hydrogen-bond acceptors (Lipinski definition) is 2. The second kappa shape index (κ2) is 4.94. The summed E-state index contributed by atoms with van der Waals surface area (Å²) >= 11 is 0. The van der Waals surface area contributed by atoms with Gasteiger partial charge in [-0.3, -0.25) is 4.68 Å². The average Bonchev–Trinajstić information content (AvgIpc) is 2.71. The number of aromatic nitrogens is 2. The first-order valence-electron chi connectivity index (χ1n) is 6.32. The highest BCUT2D eigenvalue weighted by molar-refractivity contribution is 5.24. The summed E-state index contributed by atoms with van der Waals surface area (Å²) in [4.78, 5) is 0. The predicted octanol–water partition coefficient (Wildman–Crippen LogP) is 2.43. The quantitative estimate of drug-likeness (QED) is 0.897. The van der Waals surface area contributed by atoms with Crippen LogP contribution in [0.5, 0.6) is 0 Å². The van der Waals surface area contributed by atoms with Crippen LogP contribution in [0.1, 0.15) is 30.8 Å². The first-order valence-corrected chi connectivity index (χ1v) is 6.32. The molecule has 0 aliphatic rings. The summed E-state index contributed by atoms with van der Waals surface area (Å²) in [5.74, 6) is 0. The molecular weight excluding hydrogens is 224 g/mol. The molecular formula is C15H20N2O. The van der Waals surface area contributed by atoms with Crippen LogP contribution >= 0.6 is 0 Å². The molecule has 0 spiro atoms. The van der Waals surface area contributed by atoms with Crippen molar-refractivity contribution in [3.05, 3.63) is 53.3 Å². The summed E-state index contributed by atoms with van der Waals surface area (Å²) in [7, 11) is 1.93. The number of rotatable bonds is 4. The molecule has 0 bridgehead atoms. The maximum absolute atomic E-state index is 10.6. The van der Waals surface area contributed by atoms with E-state index in [0.717, 1.165) is 23.4 Å². The Morgan fingerprint density at radius 2 is 1.94 bits per heavy atom. The molecule has 1 aromatic carbocycles. The van der Waals surface area contributed by atoms with E-state index in [-0.39, 0.29) is 0 Å². The number of aryl methyl sites for hydroxylation is 2. The van der Waals surface area contributed by atoms with Crippen LogP contribution in [0.25, 0.3) is 0 Å². The van der Waals surface area contributed by atoms with Gasteiger partial charge in [-0.1, -0.05) is 37.3 Å². The summed E-state index contributed by atoms with van der Waals surface area (Å²) in [6.45, 7) is 3.93. The molecule has 0 aliphatic carbocycles. The molecule has 0 fully saturated rings. The topological polar surface area (TPSA) is 38.0 Å². The lowest BCUT2D eigenvalue weighted by Gasteiger charge is -2.23. The fourth-order valence-corrected chi connectivity index (χ4v) is 2.16. The van der Waals surface area contributed by atoms with Gasteiger partial charge in [0.15, 0.2) is 0 Å². The van der Waals surface area contributed by atoms with Gasteiger partial charge in [0.05, 0.1) is 11.3 Å². The Morgan fingerprint density at radius 1 is 1.28 bits per heavy atom. The Bertz CT molecular complexity index is 515. The zero-order chi connectivity index (χ0) is 13.2. The van der Waals surface area contributed by atoms with Crippen molar-refractivity contribution in [2.45, 2.75) is 32.3 Å². The highest BCUT2D eigenvalue weighted by Crippen LogP contribution is 2.25. The molecule has 1 heterocycles. The van der Waals surface area contributed by atoms with Crippen LogP contribution < -0.4 is 0 Å². The molecule has 2 aromatic rings. The fraction of sp³-hybridized carbons (Fsp3) is 0.400. The molecule has 3 heteroatoms. The van der Waals surface area contributed by atoms with E-state index in [1.54, 1.807) is 0 Å². The third-order valence-corrected chi connectivity index (χ3v) is 3.31. The van der Waals surface area contributed by atoms with Crippen LogP contribution in [0.2, 0.25) is 0 Å². The van der Waals surface area contributed by atoms with Gasteiger partial charge < -0.3 is 5.11 Å². The third-order valence-electron chi connectivity index (χ3n) is 3.31. The normalized spacial score (nSPS) is 14.4. The third kappa shape index (κ3) is 2.62. The van der Waals surface area contributed by atoms with E-state index in [1.165, 1.54) is 0 Å². The molecule has 1 atom stereocenters. The number of aliphatic hydroxyl groups is 1. The van der Waals surface area contributed by atoms with Gasteiger partial charge in [0, 0.05) is 19.2 Å². The van der Waals surface area contributed by atoms with Crippen molar-refractivity contribution in [1.29, 1.82) is 0 Å². The zero-order valence-electron chi connectivity index (χ0n) is 11.2. The summed E-state index contributed by atoms with van der Waals surface area (Å²) < 4.78 is 1.86. The standard InChI is InChI=1S/C15H20N2O/c1-4-13-10-14(17(3)16-13)11-15(2,18)12-8-6-5-7-9-12/h5-10,18H,4,11H2,1-3H3. The largest absolute Gasteiger partial charge is 0.385 e. The van der Waals surface area contributed by atoms with Crippen molar-refractivity contribution in [3.8, 4) is 0 Å². The minimum Gasteiger partial charge on any atom is -0.385 e. The Hall–Kier alpha value is -1.61. The smallest absolute Gasteiger partial charge is 0.0923 e. The van der Waals surface area contributed by atoms with E-state index >= 15 is 0 Å². The first kappa shape index (κ1) is 12.8. The van der Waals surface area contributed by atoms with Crippen molar-refractivity contribution < 1.29 is 5.11 Å². The van der Waals surface area contributed by atoms with Gasteiger partial charge >= 0.3 is 0 Å². The molecule has 1 unspecified atom stereocenters. The van der Waals surface area contributed by atoms with Crippen molar-refractivity contribution in [3.63, 3.8) is 0 Å². The molecule has 0 amide bonds. The van der Waals surface area contributed by atoms with Gasteiger partial charge in [-0.15, -0.1) is 0 Å².